The molecule has 1 amide bonds. The molecule has 1 N–H and O–H groups in total. The van der Waals surface area contributed by atoms with Gasteiger partial charge in [-0.15, -0.1) is 5.10 Å². The van der Waals surface area contributed by atoms with Crippen LogP contribution in [0.15, 0.2) is 35.5 Å². The Morgan fingerprint density at radius 3 is 2.67 bits per heavy atom. The van der Waals surface area contributed by atoms with Crippen LogP contribution in [0.4, 0.5) is 0 Å². The van der Waals surface area contributed by atoms with Crippen molar-refractivity contribution in [2.75, 3.05) is 25.5 Å². The third-order valence-electron chi connectivity index (χ3n) is 6.60. The number of hydrogen-bond donors (Lipinski definition) is 1. The summed E-state index contributed by atoms with van der Waals surface area (Å²) in [5.74, 6) is 0.863. The van der Waals surface area contributed by atoms with Gasteiger partial charge in [-0.3, -0.25) is 4.79 Å². The Morgan fingerprint density at radius 2 is 1.94 bits per heavy atom. The number of carbonyl (C=O) groups is 1. The van der Waals surface area contributed by atoms with Crippen LogP contribution in [-0.4, -0.2) is 51.0 Å². The first-order chi connectivity index (χ1) is 16.0. The summed E-state index contributed by atoms with van der Waals surface area (Å²) in [6.07, 6.45) is 5.08. The van der Waals surface area contributed by atoms with Gasteiger partial charge in [0.15, 0.2) is 0 Å². The zero-order valence-electron chi connectivity index (χ0n) is 19.8. The van der Waals surface area contributed by atoms with E-state index in [1.807, 2.05) is 17.5 Å². The van der Waals surface area contributed by atoms with Crippen LogP contribution in [0.2, 0.25) is 0 Å². The van der Waals surface area contributed by atoms with Gasteiger partial charge in [-0.25, -0.2) is 9.50 Å². The minimum Gasteiger partial charge on any atom is -0.381 e. The number of unbranched alkanes of at least 4 members (excludes halogenated alkanes) is 1. The normalized spacial score (nSPS) is 15.6. The Bertz CT molecular complexity index is 1090. The molecule has 1 fully saturated rings. The molecule has 7 nitrogen and oxygen atoms in total. The first kappa shape index (κ1) is 23.7. The number of rotatable bonds is 9. The Kier molecular flexibility index (Phi) is 7.65. The molecule has 1 saturated heterocycles. The molecular formula is C25H33N5O2S. The predicted octanol–water partition coefficient (Wildman–Crippen LogP) is 4.04. The number of carbonyl (C=O) groups excluding carboxylic acids is 1. The zero-order valence-corrected chi connectivity index (χ0v) is 20.6. The number of nitrogens with one attached hydrogen (secondary N) is 1. The average molecular weight is 468 g/mol. The van der Waals surface area contributed by atoms with Crippen LogP contribution in [-0.2, 0) is 21.4 Å². The lowest BCUT2D eigenvalue weighted by molar-refractivity contribution is -0.119. The van der Waals surface area contributed by atoms with Gasteiger partial charge in [0.05, 0.1) is 5.75 Å². The van der Waals surface area contributed by atoms with Crippen molar-refractivity contribution in [2.45, 2.75) is 63.4 Å². The van der Waals surface area contributed by atoms with Gasteiger partial charge < -0.3 is 10.1 Å². The lowest BCUT2D eigenvalue weighted by Crippen LogP contribution is -2.45. The van der Waals surface area contributed by atoms with Gasteiger partial charge in [-0.2, -0.15) is 4.98 Å². The molecule has 0 saturated carbocycles. The largest absolute Gasteiger partial charge is 0.381 e. The van der Waals surface area contributed by atoms with E-state index in [1.54, 1.807) is 0 Å². The zero-order chi connectivity index (χ0) is 23.3. The molecule has 1 aliphatic heterocycles. The third-order valence-corrected chi connectivity index (χ3v) is 7.44. The van der Waals surface area contributed by atoms with Crippen LogP contribution in [0, 0.1) is 13.8 Å². The number of ether oxygens (including phenoxy) is 1. The molecule has 0 radical (unpaired) electrons. The van der Waals surface area contributed by atoms with Crippen molar-refractivity contribution in [3.8, 4) is 0 Å². The summed E-state index contributed by atoms with van der Waals surface area (Å²) in [5, 5.41) is 8.35. The van der Waals surface area contributed by atoms with Gasteiger partial charge in [-0.1, -0.05) is 55.4 Å². The Morgan fingerprint density at radius 1 is 1.18 bits per heavy atom. The second-order valence-corrected chi connectivity index (χ2v) is 9.74. The van der Waals surface area contributed by atoms with Crippen molar-refractivity contribution in [3.63, 3.8) is 0 Å². The van der Waals surface area contributed by atoms with Crippen LogP contribution >= 0.6 is 11.8 Å². The van der Waals surface area contributed by atoms with Gasteiger partial charge in [-0.05, 0) is 50.7 Å². The fourth-order valence-electron chi connectivity index (χ4n) is 4.54. The predicted molar refractivity (Wildman–Crippen MR) is 131 cm³/mol. The van der Waals surface area contributed by atoms with Crippen LogP contribution in [0.5, 0.6) is 0 Å². The first-order valence-corrected chi connectivity index (χ1v) is 12.8. The summed E-state index contributed by atoms with van der Waals surface area (Å²) in [6, 6.07) is 10.5. The standard InChI is InChI=1S/C25H33N5O2S/c1-4-5-11-21-18(2)27-23-28-24(29-30(23)19(21)3)33-16-22(31)26-17-25(12-14-32-15-13-25)20-9-7-6-8-10-20/h6-10H,4-5,11-17H2,1-3H3,(H,26,31). The number of hydrogen-bond acceptors (Lipinski definition) is 6. The van der Waals surface area contributed by atoms with Crippen LogP contribution in [0.1, 0.15) is 55.1 Å². The molecule has 176 valence electrons. The fourth-order valence-corrected chi connectivity index (χ4v) is 5.18. The summed E-state index contributed by atoms with van der Waals surface area (Å²) in [4.78, 5) is 21.9. The maximum absolute atomic E-state index is 12.7. The van der Waals surface area contributed by atoms with Crippen LogP contribution < -0.4 is 5.32 Å². The molecule has 33 heavy (non-hydrogen) atoms. The van der Waals surface area contributed by atoms with Gasteiger partial charge in [0.1, 0.15) is 0 Å². The number of nitrogens with zero attached hydrogens (tertiary/aromatic N) is 4. The maximum Gasteiger partial charge on any atom is 0.253 e. The number of fused-ring (bicyclic) bond motifs is 1. The highest BCUT2D eigenvalue weighted by atomic mass is 32.2. The van der Waals surface area contributed by atoms with E-state index < -0.39 is 0 Å². The SMILES string of the molecule is CCCCc1c(C)nc2nc(SCC(=O)NCC3(c4ccccc4)CCOCC3)nn2c1C. The lowest BCUT2D eigenvalue weighted by atomic mass is 9.74. The molecule has 4 rings (SSSR count). The molecular weight excluding hydrogens is 434 g/mol. The minimum absolute atomic E-state index is 0.00912. The highest BCUT2D eigenvalue weighted by Gasteiger charge is 2.34. The van der Waals surface area contributed by atoms with Gasteiger partial charge >= 0.3 is 0 Å². The molecule has 1 aliphatic rings. The molecule has 3 aromatic rings. The van der Waals surface area contributed by atoms with E-state index in [2.05, 4.69) is 58.5 Å². The van der Waals surface area contributed by atoms with E-state index in [0.717, 1.165) is 56.7 Å². The summed E-state index contributed by atoms with van der Waals surface area (Å²) >= 11 is 1.35. The molecule has 0 bridgehead atoms. The van der Waals surface area contributed by atoms with Gasteiger partial charge in [0.25, 0.3) is 5.78 Å². The molecule has 3 heterocycles. The van der Waals surface area contributed by atoms with Crippen molar-refractivity contribution < 1.29 is 9.53 Å². The second kappa shape index (κ2) is 10.7. The van der Waals surface area contributed by atoms with Crippen LogP contribution in [0.25, 0.3) is 5.78 Å². The van der Waals surface area contributed by atoms with E-state index >= 15 is 0 Å². The lowest BCUT2D eigenvalue weighted by Gasteiger charge is -2.38. The van der Waals surface area contributed by atoms with E-state index in [0.29, 0.717) is 17.5 Å². The quantitative estimate of drug-likeness (QED) is 0.479. The Balaban J connectivity index is 1.39. The molecule has 0 aliphatic carbocycles. The average Bonchev–Trinajstić information content (AvgIpc) is 3.25. The van der Waals surface area contributed by atoms with E-state index in [9.17, 15) is 4.79 Å². The van der Waals surface area contributed by atoms with Crippen molar-refractivity contribution >= 4 is 23.4 Å². The van der Waals surface area contributed by atoms with E-state index in [-0.39, 0.29) is 17.1 Å². The molecule has 0 spiro atoms. The molecule has 0 unspecified atom stereocenters. The number of benzene rings is 1. The summed E-state index contributed by atoms with van der Waals surface area (Å²) in [5.41, 5.74) is 4.52. The van der Waals surface area contributed by atoms with Gasteiger partial charge in [0, 0.05) is 36.6 Å². The number of aryl methyl sites for hydroxylation is 2. The fraction of sp³-hybridized carbons (Fsp3) is 0.520. The summed E-state index contributed by atoms with van der Waals surface area (Å²) < 4.78 is 7.40. The van der Waals surface area contributed by atoms with Crippen LogP contribution in [0.3, 0.4) is 0 Å². The smallest absolute Gasteiger partial charge is 0.253 e. The monoisotopic (exact) mass is 467 g/mol. The van der Waals surface area contributed by atoms with Crippen molar-refractivity contribution in [1.82, 2.24) is 24.9 Å². The molecule has 1 aromatic carbocycles. The topological polar surface area (TPSA) is 81.4 Å². The molecule has 8 heteroatoms. The maximum atomic E-state index is 12.7. The van der Waals surface area contributed by atoms with E-state index in [1.165, 1.54) is 22.9 Å². The number of aromatic nitrogens is 4. The molecule has 2 aromatic heterocycles. The second-order valence-electron chi connectivity index (χ2n) is 8.80. The Hall–Kier alpha value is -2.45. The highest BCUT2D eigenvalue weighted by Crippen LogP contribution is 2.34. The minimum atomic E-state index is -0.0748. The van der Waals surface area contributed by atoms with Crippen molar-refractivity contribution in [2.24, 2.45) is 0 Å². The third kappa shape index (κ3) is 5.38. The summed E-state index contributed by atoms with van der Waals surface area (Å²) in [7, 11) is 0. The molecule has 0 atom stereocenters. The highest BCUT2D eigenvalue weighted by molar-refractivity contribution is 7.99. The number of amides is 1. The first-order valence-electron chi connectivity index (χ1n) is 11.8. The summed E-state index contributed by atoms with van der Waals surface area (Å²) in [6.45, 7) is 8.34. The Labute approximate surface area is 199 Å². The van der Waals surface area contributed by atoms with E-state index in [4.69, 9.17) is 4.74 Å². The number of thioether (sulfide) groups is 1. The van der Waals surface area contributed by atoms with Crippen molar-refractivity contribution in [1.29, 1.82) is 0 Å². The van der Waals surface area contributed by atoms with Crippen molar-refractivity contribution in [3.05, 3.63) is 52.8 Å². The van der Waals surface area contributed by atoms with Gasteiger partial charge in [0.2, 0.25) is 11.1 Å².